The first-order valence-corrected chi connectivity index (χ1v) is 9.84. The van der Waals surface area contributed by atoms with E-state index in [0.29, 0.717) is 12.5 Å². The van der Waals surface area contributed by atoms with Gasteiger partial charge in [0.1, 0.15) is 5.82 Å². The summed E-state index contributed by atoms with van der Waals surface area (Å²) in [5.74, 6) is 2.62. The lowest BCUT2D eigenvalue weighted by molar-refractivity contribution is 0.371. The average molecular weight is 496 g/mol. The Morgan fingerprint density at radius 2 is 1.96 bits per heavy atom. The monoisotopic (exact) mass is 496 g/mol. The van der Waals surface area contributed by atoms with E-state index in [1.807, 2.05) is 13.2 Å². The van der Waals surface area contributed by atoms with Crippen molar-refractivity contribution in [2.24, 2.45) is 10.9 Å². The highest BCUT2D eigenvalue weighted by molar-refractivity contribution is 14.0. The number of aliphatic imine (C=N–C) groups is 1. The molecule has 7 heteroatoms. The molecule has 0 saturated carbocycles. The van der Waals surface area contributed by atoms with E-state index >= 15 is 0 Å². The normalized spacial score (nSPS) is 15.0. The number of anilines is 1. The molecular weight excluding hydrogens is 463 g/mol. The van der Waals surface area contributed by atoms with Crippen molar-refractivity contribution in [3.63, 3.8) is 0 Å². The molecule has 154 valence electrons. The van der Waals surface area contributed by atoms with Crippen LogP contribution in [0.3, 0.4) is 0 Å². The van der Waals surface area contributed by atoms with E-state index in [2.05, 4.69) is 80.9 Å². The summed E-state index contributed by atoms with van der Waals surface area (Å²) in [6.45, 7) is 12.2. The van der Waals surface area contributed by atoms with Crippen LogP contribution in [-0.4, -0.2) is 53.6 Å². The molecule has 1 aromatic carbocycles. The predicted molar refractivity (Wildman–Crippen MR) is 128 cm³/mol. The molecule has 2 heterocycles. The van der Waals surface area contributed by atoms with Gasteiger partial charge >= 0.3 is 0 Å². The van der Waals surface area contributed by atoms with Crippen LogP contribution < -0.4 is 10.2 Å². The molecule has 1 saturated heterocycles. The Hall–Kier alpha value is -1.77. The minimum absolute atomic E-state index is 0. The lowest BCUT2D eigenvalue weighted by Gasteiger charge is -2.37. The number of hydrogen-bond acceptors (Lipinski definition) is 3. The Morgan fingerprint density at radius 1 is 1.21 bits per heavy atom. The number of aryl methyl sites for hydroxylation is 1. The second-order valence-corrected chi connectivity index (χ2v) is 7.60. The van der Waals surface area contributed by atoms with E-state index in [1.165, 1.54) is 11.3 Å². The molecule has 1 aliphatic heterocycles. The van der Waals surface area contributed by atoms with Crippen molar-refractivity contribution < 1.29 is 0 Å². The summed E-state index contributed by atoms with van der Waals surface area (Å²) in [6, 6.07) is 8.74. The second-order valence-electron chi connectivity index (χ2n) is 7.60. The number of rotatable bonds is 5. The molecule has 1 N–H and O–H groups in total. The summed E-state index contributed by atoms with van der Waals surface area (Å²) < 4.78 is 2.22. The van der Waals surface area contributed by atoms with Crippen LogP contribution in [0.4, 0.5) is 5.69 Å². The van der Waals surface area contributed by atoms with Crippen LogP contribution >= 0.6 is 24.0 Å². The molecule has 0 radical (unpaired) electrons. The molecule has 0 spiro atoms. The quantitative estimate of drug-likeness (QED) is 0.392. The minimum atomic E-state index is 0. The zero-order valence-corrected chi connectivity index (χ0v) is 19.8. The number of nitrogens with zero attached hydrogens (tertiary/aromatic N) is 5. The van der Waals surface area contributed by atoms with E-state index < -0.39 is 0 Å². The highest BCUT2D eigenvalue weighted by Crippen LogP contribution is 2.17. The van der Waals surface area contributed by atoms with Gasteiger partial charge in [-0.25, -0.2) is 4.98 Å². The average Bonchev–Trinajstić information content (AvgIpc) is 3.09. The van der Waals surface area contributed by atoms with Crippen LogP contribution in [0.25, 0.3) is 0 Å². The number of guanidine groups is 1. The van der Waals surface area contributed by atoms with Crippen LogP contribution in [0, 0.1) is 12.8 Å². The summed E-state index contributed by atoms with van der Waals surface area (Å²) >= 11 is 0. The molecule has 0 unspecified atom stereocenters. The summed E-state index contributed by atoms with van der Waals surface area (Å²) in [5.41, 5.74) is 2.62. The van der Waals surface area contributed by atoms with Gasteiger partial charge in [-0.2, -0.15) is 0 Å². The smallest absolute Gasteiger partial charge is 0.194 e. The Balaban J connectivity index is 0.00000280. The topological polar surface area (TPSA) is 48.7 Å². The first-order valence-electron chi connectivity index (χ1n) is 9.84. The van der Waals surface area contributed by atoms with Gasteiger partial charge in [0.05, 0.1) is 6.54 Å². The lowest BCUT2D eigenvalue weighted by Crippen LogP contribution is -2.52. The Bertz CT molecular complexity index is 762. The molecule has 0 amide bonds. The number of halogens is 1. The van der Waals surface area contributed by atoms with Gasteiger partial charge in [-0.15, -0.1) is 24.0 Å². The summed E-state index contributed by atoms with van der Waals surface area (Å²) in [6.07, 6.45) is 3.93. The SMILES string of the molecule is CN=C(NCc1nccn1CC(C)C)N1CCN(c2cccc(C)c2)CC1.I. The van der Waals surface area contributed by atoms with E-state index in [9.17, 15) is 0 Å². The molecule has 3 rings (SSSR count). The van der Waals surface area contributed by atoms with Crippen molar-refractivity contribution >= 4 is 35.6 Å². The zero-order chi connectivity index (χ0) is 19.2. The Labute approximate surface area is 186 Å². The van der Waals surface area contributed by atoms with Gasteiger partial charge in [0, 0.05) is 57.9 Å². The van der Waals surface area contributed by atoms with Gasteiger partial charge < -0.3 is 19.7 Å². The third kappa shape index (κ3) is 5.86. The van der Waals surface area contributed by atoms with E-state index in [4.69, 9.17) is 0 Å². The van der Waals surface area contributed by atoms with Crippen LogP contribution in [0.1, 0.15) is 25.2 Å². The fourth-order valence-electron chi connectivity index (χ4n) is 3.56. The second kappa shape index (κ2) is 10.7. The molecule has 6 nitrogen and oxygen atoms in total. The van der Waals surface area contributed by atoms with Crippen LogP contribution in [0.2, 0.25) is 0 Å². The Morgan fingerprint density at radius 3 is 2.61 bits per heavy atom. The Kier molecular flexibility index (Phi) is 8.59. The summed E-state index contributed by atoms with van der Waals surface area (Å²) in [4.78, 5) is 13.8. The number of piperazine rings is 1. The lowest BCUT2D eigenvalue weighted by atomic mass is 10.2. The third-order valence-corrected chi connectivity index (χ3v) is 4.93. The van der Waals surface area contributed by atoms with Gasteiger partial charge in [-0.1, -0.05) is 26.0 Å². The molecule has 0 aliphatic carbocycles. The maximum absolute atomic E-state index is 4.50. The minimum Gasteiger partial charge on any atom is -0.368 e. The van der Waals surface area contributed by atoms with Crippen molar-refractivity contribution in [1.29, 1.82) is 0 Å². The van der Waals surface area contributed by atoms with Crippen molar-refractivity contribution in [2.45, 2.75) is 33.9 Å². The van der Waals surface area contributed by atoms with Crippen LogP contribution in [0.15, 0.2) is 41.7 Å². The molecule has 0 bridgehead atoms. The van der Waals surface area contributed by atoms with E-state index in [0.717, 1.165) is 44.5 Å². The predicted octanol–water partition coefficient (Wildman–Crippen LogP) is 3.36. The number of benzene rings is 1. The standard InChI is InChI=1S/C21H32N6.HI/c1-17(2)16-27-9-8-23-20(27)15-24-21(22-4)26-12-10-25(11-13-26)19-7-5-6-18(3)14-19;/h5-9,14,17H,10-13,15-16H2,1-4H3,(H,22,24);1H. The first kappa shape index (κ1) is 22.5. The highest BCUT2D eigenvalue weighted by atomic mass is 127. The van der Waals surface area contributed by atoms with Gasteiger partial charge in [-0.05, 0) is 30.5 Å². The highest BCUT2D eigenvalue weighted by Gasteiger charge is 2.20. The van der Waals surface area contributed by atoms with E-state index in [1.54, 1.807) is 0 Å². The van der Waals surface area contributed by atoms with Gasteiger partial charge in [0.2, 0.25) is 0 Å². The number of aromatic nitrogens is 2. The van der Waals surface area contributed by atoms with Crippen LogP contribution in [0.5, 0.6) is 0 Å². The molecule has 1 fully saturated rings. The number of hydrogen-bond donors (Lipinski definition) is 1. The first-order chi connectivity index (χ1) is 13.1. The molecule has 1 aliphatic rings. The van der Waals surface area contributed by atoms with E-state index in [-0.39, 0.29) is 24.0 Å². The van der Waals surface area contributed by atoms with Gasteiger partial charge in [0.15, 0.2) is 5.96 Å². The summed E-state index contributed by atoms with van der Waals surface area (Å²) in [7, 11) is 1.86. The van der Waals surface area contributed by atoms with Gasteiger partial charge in [0.25, 0.3) is 0 Å². The molecular formula is C21H33IN6. The van der Waals surface area contributed by atoms with Crippen molar-refractivity contribution in [1.82, 2.24) is 19.8 Å². The largest absolute Gasteiger partial charge is 0.368 e. The maximum Gasteiger partial charge on any atom is 0.194 e. The number of nitrogens with one attached hydrogen (secondary N) is 1. The van der Waals surface area contributed by atoms with Crippen molar-refractivity contribution in [3.05, 3.63) is 48.0 Å². The third-order valence-electron chi connectivity index (χ3n) is 4.93. The molecule has 1 aromatic heterocycles. The zero-order valence-electron chi connectivity index (χ0n) is 17.4. The van der Waals surface area contributed by atoms with Gasteiger partial charge in [-0.3, -0.25) is 4.99 Å². The summed E-state index contributed by atoms with van der Waals surface area (Å²) in [5, 5.41) is 3.49. The molecule has 2 aromatic rings. The van der Waals surface area contributed by atoms with Crippen molar-refractivity contribution in [3.8, 4) is 0 Å². The molecule has 0 atom stereocenters. The van der Waals surface area contributed by atoms with Crippen molar-refractivity contribution in [2.75, 3.05) is 38.1 Å². The fraction of sp³-hybridized carbons (Fsp3) is 0.524. The fourth-order valence-corrected chi connectivity index (χ4v) is 3.56. The maximum atomic E-state index is 4.50. The molecule has 28 heavy (non-hydrogen) atoms. The van der Waals surface area contributed by atoms with Crippen LogP contribution in [-0.2, 0) is 13.1 Å². The number of imidazole rings is 1.